The van der Waals surface area contributed by atoms with E-state index in [0.29, 0.717) is 5.92 Å². The Morgan fingerprint density at radius 1 is 1.43 bits per heavy atom. The fourth-order valence-electron chi connectivity index (χ4n) is 1.20. The molecule has 0 aliphatic carbocycles. The lowest BCUT2D eigenvalue weighted by Crippen LogP contribution is -2.21. The average molecular weight is 305 g/mol. The summed E-state index contributed by atoms with van der Waals surface area (Å²) in [5.41, 5.74) is 0. The van der Waals surface area contributed by atoms with Gasteiger partial charge in [-0.15, -0.1) is 0 Å². The van der Waals surface area contributed by atoms with Gasteiger partial charge in [-0.05, 0) is 41.8 Å². The number of hydrogen-bond donors (Lipinski definition) is 1. The normalized spacial score (nSPS) is 12.5. The summed E-state index contributed by atoms with van der Waals surface area (Å²) in [6.07, 6.45) is 0. The second kappa shape index (κ2) is 6.24. The van der Waals surface area contributed by atoms with E-state index < -0.39 is 0 Å². The number of rotatable bonds is 5. The third kappa shape index (κ3) is 3.84. The van der Waals surface area contributed by atoms with Gasteiger partial charge in [0.05, 0.1) is 10.2 Å². The highest BCUT2D eigenvalue weighted by Crippen LogP contribution is 2.19. The standard InChI is InChI=1S/C11H16INO/c1-9(7-13-2)8-14-11-6-4-3-5-10(11)12/h3-6,9,13H,7-8H2,1-2H3. The molecule has 0 saturated heterocycles. The summed E-state index contributed by atoms with van der Waals surface area (Å²) in [5.74, 6) is 1.52. The van der Waals surface area contributed by atoms with Crippen molar-refractivity contribution in [1.82, 2.24) is 5.32 Å². The smallest absolute Gasteiger partial charge is 0.132 e. The van der Waals surface area contributed by atoms with Gasteiger partial charge >= 0.3 is 0 Å². The minimum Gasteiger partial charge on any atom is -0.492 e. The van der Waals surface area contributed by atoms with Gasteiger partial charge in [0.2, 0.25) is 0 Å². The Hall–Kier alpha value is -0.290. The van der Waals surface area contributed by atoms with Crippen LogP contribution in [-0.2, 0) is 0 Å². The van der Waals surface area contributed by atoms with Gasteiger partial charge in [-0.1, -0.05) is 19.1 Å². The van der Waals surface area contributed by atoms with Crippen LogP contribution in [0.2, 0.25) is 0 Å². The van der Waals surface area contributed by atoms with Crippen LogP contribution in [0.3, 0.4) is 0 Å². The van der Waals surface area contributed by atoms with Crippen molar-refractivity contribution < 1.29 is 4.74 Å². The van der Waals surface area contributed by atoms with Crippen LogP contribution < -0.4 is 10.1 Å². The molecule has 0 aliphatic heterocycles. The lowest BCUT2D eigenvalue weighted by atomic mass is 10.2. The zero-order chi connectivity index (χ0) is 10.4. The van der Waals surface area contributed by atoms with Gasteiger partial charge in [0.25, 0.3) is 0 Å². The summed E-state index contributed by atoms with van der Waals surface area (Å²) < 4.78 is 6.87. The largest absolute Gasteiger partial charge is 0.492 e. The Morgan fingerprint density at radius 2 is 2.14 bits per heavy atom. The van der Waals surface area contributed by atoms with Crippen molar-refractivity contribution in [1.29, 1.82) is 0 Å². The Balaban J connectivity index is 2.41. The summed E-state index contributed by atoms with van der Waals surface area (Å²) in [4.78, 5) is 0. The van der Waals surface area contributed by atoms with E-state index in [0.717, 1.165) is 18.9 Å². The minimum absolute atomic E-state index is 0.538. The van der Waals surface area contributed by atoms with Crippen molar-refractivity contribution in [3.63, 3.8) is 0 Å². The van der Waals surface area contributed by atoms with Gasteiger partial charge in [0, 0.05) is 12.5 Å². The first-order chi connectivity index (χ1) is 6.74. The van der Waals surface area contributed by atoms with Crippen LogP contribution in [0.5, 0.6) is 5.75 Å². The van der Waals surface area contributed by atoms with Crippen molar-refractivity contribution in [3.05, 3.63) is 27.8 Å². The molecule has 0 saturated carbocycles. The van der Waals surface area contributed by atoms with Crippen LogP contribution in [0, 0.1) is 9.49 Å². The molecule has 0 radical (unpaired) electrons. The highest BCUT2D eigenvalue weighted by Gasteiger charge is 2.03. The SMILES string of the molecule is CNCC(C)COc1ccccc1I. The van der Waals surface area contributed by atoms with Gasteiger partial charge in [-0.2, -0.15) is 0 Å². The fourth-order valence-corrected chi connectivity index (χ4v) is 1.74. The Bertz CT molecular complexity index is 278. The van der Waals surface area contributed by atoms with Gasteiger partial charge in [-0.25, -0.2) is 0 Å². The number of nitrogens with one attached hydrogen (secondary N) is 1. The molecule has 0 heterocycles. The number of halogens is 1. The average Bonchev–Trinajstić information content (AvgIpc) is 2.17. The van der Waals surface area contributed by atoms with Gasteiger partial charge in [0.15, 0.2) is 0 Å². The molecule has 1 aromatic carbocycles. The summed E-state index contributed by atoms with van der Waals surface area (Å²) in [5, 5.41) is 3.14. The number of hydrogen-bond acceptors (Lipinski definition) is 2. The summed E-state index contributed by atoms with van der Waals surface area (Å²) in [6, 6.07) is 8.08. The van der Waals surface area contributed by atoms with Crippen molar-refractivity contribution in [3.8, 4) is 5.75 Å². The zero-order valence-electron chi connectivity index (χ0n) is 8.59. The van der Waals surface area contributed by atoms with Crippen LogP contribution in [0.25, 0.3) is 0 Å². The minimum atomic E-state index is 0.538. The zero-order valence-corrected chi connectivity index (χ0v) is 10.7. The molecular weight excluding hydrogens is 289 g/mol. The molecule has 2 nitrogen and oxygen atoms in total. The van der Waals surface area contributed by atoms with E-state index in [1.54, 1.807) is 0 Å². The predicted octanol–water partition coefficient (Wildman–Crippen LogP) is 2.53. The highest BCUT2D eigenvalue weighted by molar-refractivity contribution is 14.1. The quantitative estimate of drug-likeness (QED) is 0.844. The third-order valence-electron chi connectivity index (χ3n) is 1.91. The Morgan fingerprint density at radius 3 is 2.79 bits per heavy atom. The molecule has 0 spiro atoms. The van der Waals surface area contributed by atoms with Crippen molar-refractivity contribution in [2.45, 2.75) is 6.92 Å². The van der Waals surface area contributed by atoms with Gasteiger partial charge < -0.3 is 10.1 Å². The van der Waals surface area contributed by atoms with E-state index >= 15 is 0 Å². The molecule has 0 aromatic heterocycles. The maximum absolute atomic E-state index is 5.70. The molecule has 3 heteroatoms. The molecule has 1 N–H and O–H groups in total. The maximum atomic E-state index is 5.70. The summed E-state index contributed by atoms with van der Waals surface area (Å²) in [7, 11) is 1.96. The monoisotopic (exact) mass is 305 g/mol. The van der Waals surface area contributed by atoms with E-state index in [-0.39, 0.29) is 0 Å². The Kier molecular flexibility index (Phi) is 5.25. The first-order valence-electron chi connectivity index (χ1n) is 4.76. The van der Waals surface area contributed by atoms with Crippen molar-refractivity contribution in [2.75, 3.05) is 20.2 Å². The molecule has 0 amide bonds. The van der Waals surface area contributed by atoms with E-state index in [1.165, 1.54) is 3.57 Å². The van der Waals surface area contributed by atoms with Crippen LogP contribution in [0.1, 0.15) is 6.92 Å². The van der Waals surface area contributed by atoms with E-state index in [1.807, 2.05) is 25.2 Å². The highest BCUT2D eigenvalue weighted by atomic mass is 127. The number of ether oxygens (including phenoxy) is 1. The van der Waals surface area contributed by atoms with Gasteiger partial charge in [0.1, 0.15) is 5.75 Å². The van der Waals surface area contributed by atoms with E-state index in [4.69, 9.17) is 4.74 Å². The maximum Gasteiger partial charge on any atom is 0.132 e. The van der Waals surface area contributed by atoms with Crippen LogP contribution in [-0.4, -0.2) is 20.2 Å². The molecule has 0 bridgehead atoms. The topological polar surface area (TPSA) is 21.3 Å². The van der Waals surface area contributed by atoms with E-state index in [9.17, 15) is 0 Å². The number of para-hydroxylation sites is 1. The number of benzene rings is 1. The third-order valence-corrected chi connectivity index (χ3v) is 2.80. The van der Waals surface area contributed by atoms with Crippen LogP contribution in [0.15, 0.2) is 24.3 Å². The first-order valence-corrected chi connectivity index (χ1v) is 5.84. The van der Waals surface area contributed by atoms with Crippen LogP contribution >= 0.6 is 22.6 Å². The van der Waals surface area contributed by atoms with Crippen molar-refractivity contribution in [2.24, 2.45) is 5.92 Å². The molecule has 78 valence electrons. The first kappa shape index (κ1) is 11.8. The predicted molar refractivity (Wildman–Crippen MR) is 67.7 cm³/mol. The summed E-state index contributed by atoms with van der Waals surface area (Å²) in [6.45, 7) is 3.93. The molecule has 1 aromatic rings. The lowest BCUT2D eigenvalue weighted by molar-refractivity contribution is 0.256. The molecule has 14 heavy (non-hydrogen) atoms. The second-order valence-corrected chi connectivity index (χ2v) is 4.57. The van der Waals surface area contributed by atoms with Crippen LogP contribution in [0.4, 0.5) is 0 Å². The molecule has 1 atom stereocenters. The fraction of sp³-hybridized carbons (Fsp3) is 0.455. The second-order valence-electron chi connectivity index (χ2n) is 3.40. The molecule has 0 aliphatic rings. The molecule has 0 fully saturated rings. The van der Waals surface area contributed by atoms with E-state index in [2.05, 4.69) is 40.9 Å². The molecule has 1 unspecified atom stereocenters. The lowest BCUT2D eigenvalue weighted by Gasteiger charge is -2.13. The Labute approximate surface area is 99.2 Å². The molecular formula is C11H16INO. The summed E-state index contributed by atoms with van der Waals surface area (Å²) >= 11 is 2.29. The van der Waals surface area contributed by atoms with Crippen molar-refractivity contribution >= 4 is 22.6 Å². The molecule has 1 rings (SSSR count). The van der Waals surface area contributed by atoms with Gasteiger partial charge in [-0.3, -0.25) is 0 Å².